The van der Waals surface area contributed by atoms with Crippen molar-refractivity contribution in [3.63, 3.8) is 0 Å². The van der Waals surface area contributed by atoms with Gasteiger partial charge >= 0.3 is 0 Å². The zero-order chi connectivity index (χ0) is 36.0. The molecule has 1 unspecified atom stereocenters. The topological polar surface area (TPSA) is 83.1 Å². The van der Waals surface area contributed by atoms with E-state index in [1.807, 2.05) is 91.9 Å². The summed E-state index contributed by atoms with van der Waals surface area (Å²) >= 11 is 0. The van der Waals surface area contributed by atoms with E-state index in [1.54, 1.807) is 12.1 Å². The number of amides is 1. The van der Waals surface area contributed by atoms with Crippen molar-refractivity contribution in [2.24, 2.45) is 0 Å². The second kappa shape index (κ2) is 18.4. The summed E-state index contributed by atoms with van der Waals surface area (Å²) in [7, 11) is 0. The molecule has 0 heterocycles. The predicted molar refractivity (Wildman–Crippen MR) is 210 cm³/mol. The van der Waals surface area contributed by atoms with Gasteiger partial charge < -0.3 is 25.2 Å². The van der Waals surface area contributed by atoms with Gasteiger partial charge in [-0.15, -0.1) is 0 Å². The lowest BCUT2D eigenvalue weighted by Gasteiger charge is -2.26. The molecule has 7 heteroatoms. The summed E-state index contributed by atoms with van der Waals surface area (Å²) in [5, 5.41) is 17.8. The Labute approximate surface area is 306 Å². The first-order valence-corrected chi connectivity index (χ1v) is 17.7. The largest absolute Gasteiger partial charge is 0.493 e. The van der Waals surface area contributed by atoms with Gasteiger partial charge in [-0.1, -0.05) is 109 Å². The van der Waals surface area contributed by atoms with Crippen LogP contribution in [0.2, 0.25) is 0 Å². The molecule has 0 aliphatic carbocycles. The SMILES string of the molecule is CCOc1ccc(Nc2ccc(CCN(Cc3ccccc3)CC(O)c3ccc(OCc4ccccc4)c(NC=O)c3)cc2)cc1-c1ccccc1. The highest BCUT2D eigenvalue weighted by atomic mass is 16.5. The summed E-state index contributed by atoms with van der Waals surface area (Å²) in [5.74, 6) is 1.41. The minimum atomic E-state index is -0.777. The van der Waals surface area contributed by atoms with Gasteiger partial charge in [0.05, 0.1) is 18.4 Å². The van der Waals surface area contributed by atoms with E-state index in [0.717, 1.165) is 46.8 Å². The number of carbonyl (C=O) groups excluding carboxylic acids is 1. The van der Waals surface area contributed by atoms with Gasteiger partial charge in [0.15, 0.2) is 0 Å². The first kappa shape index (κ1) is 35.9. The van der Waals surface area contributed by atoms with Gasteiger partial charge in [0, 0.05) is 36.6 Å². The normalized spacial score (nSPS) is 11.5. The number of hydrogen-bond donors (Lipinski definition) is 3. The monoisotopic (exact) mass is 691 g/mol. The van der Waals surface area contributed by atoms with Crippen molar-refractivity contribution in [3.8, 4) is 22.6 Å². The Morgan fingerprint density at radius 3 is 2.04 bits per heavy atom. The van der Waals surface area contributed by atoms with E-state index in [4.69, 9.17) is 9.47 Å². The molecule has 3 N–H and O–H groups in total. The minimum absolute atomic E-state index is 0.370. The molecule has 0 aliphatic rings. The molecule has 0 fully saturated rings. The predicted octanol–water partition coefficient (Wildman–Crippen LogP) is 9.42. The molecule has 6 aromatic carbocycles. The molecule has 0 spiro atoms. The number of anilines is 3. The van der Waals surface area contributed by atoms with E-state index in [2.05, 4.69) is 70.1 Å². The molecule has 0 radical (unpaired) electrons. The van der Waals surface area contributed by atoms with Gasteiger partial charge in [-0.05, 0) is 83.6 Å². The Morgan fingerprint density at radius 2 is 1.35 bits per heavy atom. The summed E-state index contributed by atoms with van der Waals surface area (Å²) in [6.07, 6.45) is 0.662. The van der Waals surface area contributed by atoms with Crippen molar-refractivity contribution < 1.29 is 19.4 Å². The van der Waals surface area contributed by atoms with E-state index in [1.165, 1.54) is 11.1 Å². The maximum absolute atomic E-state index is 11.5. The van der Waals surface area contributed by atoms with Gasteiger partial charge in [-0.3, -0.25) is 9.69 Å². The van der Waals surface area contributed by atoms with Crippen LogP contribution >= 0.6 is 0 Å². The number of rotatable bonds is 18. The molecule has 6 rings (SSSR count). The van der Waals surface area contributed by atoms with Crippen LogP contribution in [-0.4, -0.2) is 36.1 Å². The van der Waals surface area contributed by atoms with Crippen LogP contribution in [0.4, 0.5) is 17.1 Å². The van der Waals surface area contributed by atoms with Crippen LogP contribution in [0.25, 0.3) is 11.1 Å². The van der Waals surface area contributed by atoms with E-state index in [-0.39, 0.29) is 0 Å². The molecule has 6 aromatic rings. The van der Waals surface area contributed by atoms with Crippen LogP contribution in [0, 0.1) is 0 Å². The number of nitrogens with zero attached hydrogens (tertiary/aromatic N) is 1. The molecular weight excluding hydrogens is 647 g/mol. The highest BCUT2D eigenvalue weighted by molar-refractivity contribution is 5.77. The average Bonchev–Trinajstić information content (AvgIpc) is 3.19. The quantitative estimate of drug-likeness (QED) is 0.0780. The summed E-state index contributed by atoms with van der Waals surface area (Å²) < 4.78 is 11.9. The first-order chi connectivity index (χ1) is 25.6. The lowest BCUT2D eigenvalue weighted by molar-refractivity contribution is -0.105. The minimum Gasteiger partial charge on any atom is -0.493 e. The Bertz CT molecular complexity index is 1990. The van der Waals surface area contributed by atoms with E-state index in [0.29, 0.717) is 49.7 Å². The number of ether oxygens (including phenoxy) is 2. The molecule has 264 valence electrons. The zero-order valence-corrected chi connectivity index (χ0v) is 29.5. The number of aliphatic hydroxyl groups excluding tert-OH is 1. The first-order valence-electron chi connectivity index (χ1n) is 17.7. The van der Waals surface area contributed by atoms with Crippen LogP contribution in [-0.2, 0) is 24.4 Å². The maximum Gasteiger partial charge on any atom is 0.211 e. The molecular formula is C45H45N3O4. The van der Waals surface area contributed by atoms with Gasteiger partial charge in [0.25, 0.3) is 0 Å². The molecule has 0 saturated carbocycles. The van der Waals surface area contributed by atoms with Crippen LogP contribution < -0.4 is 20.1 Å². The Hall–Kier alpha value is -5.89. The van der Waals surface area contributed by atoms with Gasteiger partial charge in [0.1, 0.15) is 18.1 Å². The van der Waals surface area contributed by atoms with Crippen LogP contribution in [0.1, 0.15) is 35.3 Å². The fourth-order valence-corrected chi connectivity index (χ4v) is 6.16. The van der Waals surface area contributed by atoms with Crippen molar-refractivity contribution in [2.45, 2.75) is 32.6 Å². The van der Waals surface area contributed by atoms with Crippen LogP contribution in [0.15, 0.2) is 152 Å². The third-order valence-electron chi connectivity index (χ3n) is 8.84. The third-order valence-corrected chi connectivity index (χ3v) is 8.84. The number of aliphatic hydroxyl groups is 1. The zero-order valence-electron chi connectivity index (χ0n) is 29.5. The summed E-state index contributed by atoms with van der Waals surface area (Å²) in [6.45, 7) is 4.83. The molecule has 0 bridgehead atoms. The maximum atomic E-state index is 11.5. The number of nitrogens with one attached hydrogen (secondary N) is 2. The molecule has 7 nitrogen and oxygen atoms in total. The van der Waals surface area contributed by atoms with Gasteiger partial charge in [-0.2, -0.15) is 0 Å². The lowest BCUT2D eigenvalue weighted by Crippen LogP contribution is -2.30. The number of hydrogen-bond acceptors (Lipinski definition) is 6. The Balaban J connectivity index is 1.11. The lowest BCUT2D eigenvalue weighted by atomic mass is 10.0. The molecule has 0 saturated heterocycles. The van der Waals surface area contributed by atoms with E-state index < -0.39 is 6.10 Å². The second-order valence-electron chi connectivity index (χ2n) is 12.6. The van der Waals surface area contributed by atoms with Crippen LogP contribution in [0.3, 0.4) is 0 Å². The molecule has 0 aromatic heterocycles. The van der Waals surface area contributed by atoms with Crippen LogP contribution in [0.5, 0.6) is 11.5 Å². The summed E-state index contributed by atoms with van der Waals surface area (Å²) in [5.41, 5.74) is 8.77. The third kappa shape index (κ3) is 10.1. The average molecular weight is 692 g/mol. The van der Waals surface area contributed by atoms with Crippen molar-refractivity contribution in [1.82, 2.24) is 4.90 Å². The molecule has 1 amide bonds. The van der Waals surface area contributed by atoms with Crippen molar-refractivity contribution in [2.75, 3.05) is 30.3 Å². The van der Waals surface area contributed by atoms with Crippen molar-refractivity contribution in [1.29, 1.82) is 0 Å². The highest BCUT2D eigenvalue weighted by Crippen LogP contribution is 2.34. The Kier molecular flexibility index (Phi) is 12.7. The summed E-state index contributed by atoms with van der Waals surface area (Å²) in [4.78, 5) is 13.7. The summed E-state index contributed by atoms with van der Waals surface area (Å²) in [6, 6.07) is 50.6. The number of carbonyl (C=O) groups is 1. The van der Waals surface area contributed by atoms with E-state index in [9.17, 15) is 9.90 Å². The van der Waals surface area contributed by atoms with E-state index >= 15 is 0 Å². The van der Waals surface area contributed by atoms with Gasteiger partial charge in [-0.25, -0.2) is 0 Å². The van der Waals surface area contributed by atoms with Crippen molar-refractivity contribution >= 4 is 23.5 Å². The standard InChI is InChI=1S/C45H45N3O4/c1-2-51-44-25-23-40(29-41(44)37-16-10-5-11-17-37)47-39-21-18-34(19-22-39)26-27-48(30-35-12-6-3-7-13-35)31-43(50)38-20-24-45(42(28-38)46-33-49)52-32-36-14-8-4-9-15-36/h3-25,28-29,33,43,47,50H,2,26-27,30-32H2,1H3,(H,46,49). The fourth-order valence-electron chi connectivity index (χ4n) is 6.16. The second-order valence-corrected chi connectivity index (χ2v) is 12.6. The highest BCUT2D eigenvalue weighted by Gasteiger charge is 2.17. The molecule has 1 atom stereocenters. The number of benzene rings is 6. The van der Waals surface area contributed by atoms with Crippen molar-refractivity contribution in [3.05, 3.63) is 174 Å². The smallest absolute Gasteiger partial charge is 0.211 e. The molecule has 52 heavy (non-hydrogen) atoms. The fraction of sp³-hybridized carbons (Fsp3) is 0.178. The van der Waals surface area contributed by atoms with Gasteiger partial charge in [0.2, 0.25) is 6.41 Å². The molecule has 0 aliphatic heterocycles. The Morgan fingerprint density at radius 1 is 0.692 bits per heavy atom.